The lowest BCUT2D eigenvalue weighted by Crippen LogP contribution is -2.38. The summed E-state index contributed by atoms with van der Waals surface area (Å²) >= 11 is 12.9. The third-order valence-corrected chi connectivity index (χ3v) is 6.91. The van der Waals surface area contributed by atoms with Gasteiger partial charge in [0.15, 0.2) is 9.84 Å². The zero-order valence-electron chi connectivity index (χ0n) is 16.6. The highest BCUT2D eigenvalue weighted by Crippen LogP contribution is 2.34. The number of carbonyl (C=O) groups excluding carboxylic acids is 2. The van der Waals surface area contributed by atoms with E-state index in [1.807, 2.05) is 7.05 Å². The van der Waals surface area contributed by atoms with Crippen molar-refractivity contribution in [1.82, 2.24) is 10.2 Å². The van der Waals surface area contributed by atoms with Crippen LogP contribution in [-0.2, 0) is 34.0 Å². The minimum atomic E-state index is -3.37. The van der Waals surface area contributed by atoms with Crippen LogP contribution in [0.15, 0.2) is 35.2 Å². The molecule has 3 rings (SSSR count). The first-order valence-corrected chi connectivity index (χ1v) is 12.0. The fourth-order valence-electron chi connectivity index (χ4n) is 3.53. The van der Waals surface area contributed by atoms with E-state index in [1.54, 1.807) is 18.2 Å². The summed E-state index contributed by atoms with van der Waals surface area (Å²) in [5.41, 5.74) is 2.65. The number of sulfone groups is 1. The summed E-state index contributed by atoms with van der Waals surface area (Å²) in [6.07, 6.45) is 2.57. The van der Waals surface area contributed by atoms with Gasteiger partial charge in [0, 0.05) is 19.3 Å². The van der Waals surface area contributed by atoms with Crippen LogP contribution in [0.3, 0.4) is 0 Å². The summed E-state index contributed by atoms with van der Waals surface area (Å²) in [5, 5.41) is 3.19. The largest absolute Gasteiger partial charge is 0.342 e. The number of amides is 1. The summed E-state index contributed by atoms with van der Waals surface area (Å²) in [5.74, 6) is -0.539. The summed E-state index contributed by atoms with van der Waals surface area (Å²) in [6, 6.07) is 7.17. The molecule has 1 amide bonds. The summed E-state index contributed by atoms with van der Waals surface area (Å²) in [4.78, 5) is 26.8. The number of fused-ring (bicyclic) bond motifs is 1. The van der Waals surface area contributed by atoms with Crippen LogP contribution in [0.5, 0.6) is 0 Å². The van der Waals surface area contributed by atoms with Crippen molar-refractivity contribution in [1.29, 1.82) is 0 Å². The predicted octanol–water partition coefficient (Wildman–Crippen LogP) is 2.92. The number of nitrogens with one attached hydrogen (secondary N) is 1. The fraction of sp³-hybridized carbons (Fsp3) is 0.333. The lowest BCUT2D eigenvalue weighted by molar-refractivity contribution is -0.109. The maximum Gasteiger partial charge on any atom is 0.254 e. The Morgan fingerprint density at radius 2 is 2.03 bits per heavy atom. The Bertz CT molecular complexity index is 1100. The van der Waals surface area contributed by atoms with Gasteiger partial charge in [-0.3, -0.25) is 4.79 Å². The van der Waals surface area contributed by atoms with E-state index in [1.165, 1.54) is 12.1 Å². The second-order valence-corrected chi connectivity index (χ2v) is 10.3. The molecule has 2 aromatic carbocycles. The van der Waals surface area contributed by atoms with Crippen LogP contribution >= 0.6 is 23.2 Å². The van der Waals surface area contributed by atoms with Crippen LogP contribution in [0, 0.1) is 0 Å². The molecule has 9 heteroatoms. The van der Waals surface area contributed by atoms with E-state index in [2.05, 4.69) is 10.2 Å². The van der Waals surface area contributed by atoms with Crippen LogP contribution in [0.25, 0.3) is 0 Å². The highest BCUT2D eigenvalue weighted by Gasteiger charge is 2.25. The zero-order chi connectivity index (χ0) is 22.1. The van der Waals surface area contributed by atoms with Crippen LogP contribution in [0.2, 0.25) is 10.0 Å². The van der Waals surface area contributed by atoms with Gasteiger partial charge >= 0.3 is 0 Å². The summed E-state index contributed by atoms with van der Waals surface area (Å²) < 4.78 is 23.5. The second-order valence-electron chi connectivity index (χ2n) is 7.51. The standard InChI is InChI=1S/C21H22Cl2N2O4S/c1-25-7-6-17-14(11-25)10-18(22)19(20(17)23)21(27)24-15(12-26)8-13-4-3-5-16(9-13)30(2,28)29/h3-5,9-10,12,15H,6-8,11H2,1-2H3,(H,24,27). The molecule has 0 fully saturated rings. The van der Waals surface area contributed by atoms with Crippen molar-refractivity contribution in [3.05, 3.63) is 62.6 Å². The van der Waals surface area contributed by atoms with Gasteiger partial charge in [-0.25, -0.2) is 8.42 Å². The van der Waals surface area contributed by atoms with Gasteiger partial charge in [-0.1, -0.05) is 35.3 Å². The van der Waals surface area contributed by atoms with Crippen molar-refractivity contribution >= 4 is 45.2 Å². The zero-order valence-corrected chi connectivity index (χ0v) is 18.9. The molecule has 0 aliphatic carbocycles. The number of rotatable bonds is 6. The Balaban J connectivity index is 1.82. The minimum absolute atomic E-state index is 0.142. The van der Waals surface area contributed by atoms with Crippen molar-refractivity contribution < 1.29 is 18.0 Å². The second kappa shape index (κ2) is 9.06. The van der Waals surface area contributed by atoms with Gasteiger partial charge in [-0.05, 0) is 54.8 Å². The molecule has 160 valence electrons. The molecule has 2 aromatic rings. The molecular formula is C21H22Cl2N2O4S. The number of carbonyl (C=O) groups is 2. The molecule has 0 spiro atoms. The van der Waals surface area contributed by atoms with E-state index in [-0.39, 0.29) is 21.9 Å². The van der Waals surface area contributed by atoms with Gasteiger partial charge in [-0.15, -0.1) is 0 Å². The quantitative estimate of drug-likeness (QED) is 0.658. The van der Waals surface area contributed by atoms with E-state index in [4.69, 9.17) is 23.2 Å². The Morgan fingerprint density at radius 1 is 1.30 bits per heavy atom. The van der Waals surface area contributed by atoms with Gasteiger partial charge in [0.05, 0.1) is 26.5 Å². The lowest BCUT2D eigenvalue weighted by atomic mass is 9.96. The van der Waals surface area contributed by atoms with E-state index in [0.717, 1.165) is 23.9 Å². The minimum Gasteiger partial charge on any atom is -0.342 e. The topological polar surface area (TPSA) is 83.6 Å². The number of halogens is 2. The number of hydrogen-bond donors (Lipinski definition) is 1. The fourth-order valence-corrected chi connectivity index (χ4v) is 4.99. The maximum absolute atomic E-state index is 12.9. The molecule has 1 heterocycles. The molecule has 1 aliphatic heterocycles. The van der Waals surface area contributed by atoms with E-state index >= 15 is 0 Å². The number of nitrogens with zero attached hydrogens (tertiary/aromatic N) is 1. The number of benzene rings is 2. The van der Waals surface area contributed by atoms with Crippen molar-refractivity contribution in [2.45, 2.75) is 30.3 Å². The molecule has 6 nitrogen and oxygen atoms in total. The Hall–Kier alpha value is -1.93. The average molecular weight is 469 g/mol. The number of aldehydes is 1. The summed E-state index contributed by atoms with van der Waals surface area (Å²) in [6.45, 7) is 1.52. The monoisotopic (exact) mass is 468 g/mol. The number of likely N-dealkylation sites (N-methyl/N-ethyl adjacent to an activating group) is 1. The first-order valence-electron chi connectivity index (χ1n) is 9.33. The van der Waals surface area contributed by atoms with Crippen LogP contribution in [0.1, 0.15) is 27.0 Å². The average Bonchev–Trinajstić information content (AvgIpc) is 2.66. The molecule has 0 aromatic heterocycles. The molecule has 0 saturated carbocycles. The van der Waals surface area contributed by atoms with Crippen molar-refractivity contribution in [3.63, 3.8) is 0 Å². The van der Waals surface area contributed by atoms with Crippen LogP contribution in [-0.4, -0.2) is 51.4 Å². The third-order valence-electron chi connectivity index (χ3n) is 5.09. The van der Waals surface area contributed by atoms with Crippen molar-refractivity contribution in [2.75, 3.05) is 19.8 Å². The SMILES string of the molecule is CN1CCc2c(cc(Cl)c(C(=O)NC(C=O)Cc3cccc(S(C)(=O)=O)c3)c2Cl)C1. The Kier molecular flexibility index (Phi) is 6.87. The summed E-state index contributed by atoms with van der Waals surface area (Å²) in [7, 11) is -1.37. The highest BCUT2D eigenvalue weighted by atomic mass is 35.5. The van der Waals surface area contributed by atoms with Crippen molar-refractivity contribution in [2.24, 2.45) is 0 Å². The maximum atomic E-state index is 12.9. The van der Waals surface area contributed by atoms with Gasteiger partial charge in [0.2, 0.25) is 0 Å². The molecule has 1 aliphatic rings. The molecule has 0 bridgehead atoms. The third kappa shape index (κ3) is 5.03. The molecule has 0 radical (unpaired) electrons. The first-order chi connectivity index (χ1) is 14.1. The Labute approximate surface area is 186 Å². The van der Waals surface area contributed by atoms with Gasteiger partial charge < -0.3 is 15.0 Å². The highest BCUT2D eigenvalue weighted by molar-refractivity contribution is 7.90. The molecule has 1 unspecified atom stereocenters. The lowest BCUT2D eigenvalue weighted by Gasteiger charge is -2.27. The normalized spacial score (nSPS) is 15.3. The van der Waals surface area contributed by atoms with E-state index in [0.29, 0.717) is 29.8 Å². The van der Waals surface area contributed by atoms with E-state index in [9.17, 15) is 18.0 Å². The molecule has 1 atom stereocenters. The Morgan fingerprint density at radius 3 is 2.70 bits per heavy atom. The van der Waals surface area contributed by atoms with Crippen LogP contribution in [0.4, 0.5) is 0 Å². The van der Waals surface area contributed by atoms with Crippen LogP contribution < -0.4 is 5.32 Å². The molecule has 30 heavy (non-hydrogen) atoms. The first kappa shape index (κ1) is 22.7. The van der Waals surface area contributed by atoms with Gasteiger partial charge in [0.1, 0.15) is 6.29 Å². The molecule has 0 saturated heterocycles. The van der Waals surface area contributed by atoms with Crippen molar-refractivity contribution in [3.8, 4) is 0 Å². The predicted molar refractivity (Wildman–Crippen MR) is 117 cm³/mol. The van der Waals surface area contributed by atoms with E-state index < -0.39 is 21.8 Å². The molecule has 1 N–H and O–H groups in total. The smallest absolute Gasteiger partial charge is 0.254 e. The molecular weight excluding hydrogens is 447 g/mol. The van der Waals surface area contributed by atoms with Gasteiger partial charge in [0.25, 0.3) is 5.91 Å². The number of hydrogen-bond acceptors (Lipinski definition) is 5. The van der Waals surface area contributed by atoms with Gasteiger partial charge in [-0.2, -0.15) is 0 Å².